The van der Waals surface area contributed by atoms with Crippen LogP contribution in [0.2, 0.25) is 0 Å². The topological polar surface area (TPSA) is 66.5 Å². The van der Waals surface area contributed by atoms with Gasteiger partial charge in [-0.25, -0.2) is 0 Å². The fourth-order valence-corrected chi connectivity index (χ4v) is 3.82. The van der Waals surface area contributed by atoms with E-state index in [0.29, 0.717) is 11.8 Å². The predicted octanol–water partition coefficient (Wildman–Crippen LogP) is 4.44. The molecule has 3 amide bonds. The summed E-state index contributed by atoms with van der Waals surface area (Å²) >= 11 is 2.10. The lowest BCUT2D eigenvalue weighted by molar-refractivity contribution is -0.137. The molecule has 1 fully saturated rings. The number of amides is 3. The normalized spacial score (nSPS) is 16.3. The number of hydrogen-bond acceptors (Lipinski definition) is 5. The number of thiophene rings is 1. The number of thioether (sulfide) groups is 1. The fourth-order valence-electron chi connectivity index (χ4n) is 2.26. The molecule has 10 heteroatoms. The van der Waals surface area contributed by atoms with Gasteiger partial charge in [0, 0.05) is 10.6 Å². The first kappa shape index (κ1) is 19.2. The van der Waals surface area contributed by atoms with Crippen molar-refractivity contribution in [3.05, 3.63) is 57.1 Å². The number of hydrogen-bond donors (Lipinski definition) is 1. The highest BCUT2D eigenvalue weighted by Crippen LogP contribution is 2.33. The van der Waals surface area contributed by atoms with Crippen LogP contribution in [0.1, 0.15) is 10.4 Å². The second-order valence-electron chi connectivity index (χ2n) is 5.41. The van der Waals surface area contributed by atoms with Gasteiger partial charge in [-0.2, -0.15) is 13.2 Å². The third kappa shape index (κ3) is 4.58. The molecule has 5 nitrogen and oxygen atoms in total. The van der Waals surface area contributed by atoms with Crippen molar-refractivity contribution in [3.8, 4) is 0 Å². The zero-order valence-corrected chi connectivity index (χ0v) is 15.1. The van der Waals surface area contributed by atoms with E-state index in [2.05, 4.69) is 5.32 Å². The predicted molar refractivity (Wildman–Crippen MR) is 97.1 cm³/mol. The third-order valence-corrected chi connectivity index (χ3v) is 5.19. The molecule has 1 aromatic heterocycles. The number of anilines is 1. The summed E-state index contributed by atoms with van der Waals surface area (Å²) in [6.45, 7) is -0.581. The number of benzene rings is 1. The van der Waals surface area contributed by atoms with Gasteiger partial charge in [0.1, 0.15) is 6.54 Å². The van der Waals surface area contributed by atoms with Crippen molar-refractivity contribution in [2.24, 2.45) is 0 Å². The summed E-state index contributed by atoms with van der Waals surface area (Å²) in [5.41, 5.74) is -0.985. The molecule has 3 rings (SSSR count). The van der Waals surface area contributed by atoms with Crippen LogP contribution in [0.5, 0.6) is 0 Å². The molecule has 0 spiro atoms. The number of halogens is 3. The summed E-state index contributed by atoms with van der Waals surface area (Å²) < 4.78 is 38.1. The second-order valence-corrected chi connectivity index (χ2v) is 7.38. The van der Waals surface area contributed by atoms with E-state index >= 15 is 0 Å². The lowest BCUT2D eigenvalue weighted by Gasteiger charge is -2.13. The molecule has 27 heavy (non-hydrogen) atoms. The molecule has 140 valence electrons. The summed E-state index contributed by atoms with van der Waals surface area (Å²) in [4.78, 5) is 38.1. The van der Waals surface area contributed by atoms with Crippen LogP contribution < -0.4 is 5.32 Å². The number of nitrogens with one attached hydrogen (secondary N) is 1. The van der Waals surface area contributed by atoms with E-state index < -0.39 is 35.3 Å². The van der Waals surface area contributed by atoms with Crippen LogP contribution in [0.3, 0.4) is 0 Å². The van der Waals surface area contributed by atoms with Gasteiger partial charge in [0.15, 0.2) is 0 Å². The zero-order chi connectivity index (χ0) is 19.6. The molecular weight excluding hydrogens is 401 g/mol. The lowest BCUT2D eigenvalue weighted by Crippen LogP contribution is -2.36. The average Bonchev–Trinajstić information content (AvgIpc) is 3.19. The molecular formula is C17H11F3N2O3S2. The Morgan fingerprint density at radius 2 is 1.96 bits per heavy atom. The molecule has 2 aromatic rings. The minimum absolute atomic E-state index is 0.0732. The first-order valence-electron chi connectivity index (χ1n) is 7.50. The maximum atomic E-state index is 12.7. The highest BCUT2D eigenvalue weighted by atomic mass is 32.2. The largest absolute Gasteiger partial charge is 0.416 e. The average molecular weight is 412 g/mol. The Labute approximate surface area is 159 Å². The number of carbonyl (C=O) groups is 3. The molecule has 0 radical (unpaired) electrons. The van der Waals surface area contributed by atoms with Crippen LogP contribution in [0.15, 0.2) is 46.7 Å². The standard InChI is InChI=1S/C17H11F3N2O3S2/c18-17(19,20)10-3-1-4-11(7-10)21-14(23)9-22-15(24)13(27-16(22)25)8-12-5-2-6-26-12/h1-8H,9H2,(H,21,23)/b13-8-. The van der Waals surface area contributed by atoms with Gasteiger partial charge in [-0.05, 0) is 47.5 Å². The highest BCUT2D eigenvalue weighted by Gasteiger charge is 2.36. The van der Waals surface area contributed by atoms with Gasteiger partial charge in [-0.1, -0.05) is 12.1 Å². The van der Waals surface area contributed by atoms with E-state index in [1.54, 1.807) is 18.2 Å². The maximum Gasteiger partial charge on any atom is 0.416 e. The highest BCUT2D eigenvalue weighted by molar-refractivity contribution is 8.18. The van der Waals surface area contributed by atoms with Gasteiger partial charge in [-0.3, -0.25) is 19.3 Å². The molecule has 0 unspecified atom stereocenters. The number of imide groups is 1. The van der Waals surface area contributed by atoms with Gasteiger partial charge in [-0.15, -0.1) is 11.3 Å². The van der Waals surface area contributed by atoms with Crippen LogP contribution in [0, 0.1) is 0 Å². The molecule has 1 N–H and O–H groups in total. The molecule has 2 heterocycles. The van der Waals surface area contributed by atoms with Crippen molar-refractivity contribution < 1.29 is 27.6 Å². The number of alkyl halides is 3. The molecule has 1 aromatic carbocycles. The number of carbonyl (C=O) groups excluding carboxylic acids is 3. The molecule has 0 atom stereocenters. The summed E-state index contributed by atoms with van der Waals surface area (Å²) in [5.74, 6) is -1.38. The van der Waals surface area contributed by atoms with Gasteiger partial charge in [0.2, 0.25) is 5.91 Å². The van der Waals surface area contributed by atoms with E-state index in [1.807, 2.05) is 5.38 Å². The molecule has 1 aliphatic heterocycles. The smallest absolute Gasteiger partial charge is 0.325 e. The summed E-state index contributed by atoms with van der Waals surface area (Å²) in [6.07, 6.45) is -2.99. The van der Waals surface area contributed by atoms with Crippen molar-refractivity contribution in [1.82, 2.24) is 4.90 Å². The monoisotopic (exact) mass is 412 g/mol. The Bertz CT molecular complexity index is 924. The SMILES string of the molecule is O=C(CN1C(=O)S/C(=C\c2cccs2)C1=O)Nc1cccc(C(F)(F)F)c1. The van der Waals surface area contributed by atoms with Crippen molar-refractivity contribution in [1.29, 1.82) is 0 Å². The van der Waals surface area contributed by atoms with E-state index in [0.717, 1.165) is 28.0 Å². The number of rotatable bonds is 4. The van der Waals surface area contributed by atoms with Crippen molar-refractivity contribution in [3.63, 3.8) is 0 Å². The maximum absolute atomic E-state index is 12.7. The third-order valence-electron chi connectivity index (χ3n) is 3.47. The lowest BCUT2D eigenvalue weighted by atomic mass is 10.2. The quantitative estimate of drug-likeness (QED) is 0.754. The summed E-state index contributed by atoms with van der Waals surface area (Å²) in [5, 5.41) is 3.48. The molecule has 1 aliphatic rings. The molecule has 0 aliphatic carbocycles. The zero-order valence-electron chi connectivity index (χ0n) is 13.4. The van der Waals surface area contributed by atoms with Crippen LogP contribution in [-0.2, 0) is 15.8 Å². The Balaban J connectivity index is 1.68. The first-order chi connectivity index (χ1) is 12.7. The van der Waals surface area contributed by atoms with Crippen LogP contribution in [0.4, 0.5) is 23.7 Å². The van der Waals surface area contributed by atoms with E-state index in [-0.39, 0.29) is 10.6 Å². The number of nitrogens with zero attached hydrogens (tertiary/aromatic N) is 1. The molecule has 0 saturated carbocycles. The van der Waals surface area contributed by atoms with E-state index in [9.17, 15) is 27.6 Å². The molecule has 1 saturated heterocycles. The van der Waals surface area contributed by atoms with Crippen LogP contribution in [-0.4, -0.2) is 28.5 Å². The minimum Gasteiger partial charge on any atom is -0.325 e. The van der Waals surface area contributed by atoms with Crippen LogP contribution in [0.25, 0.3) is 6.08 Å². The Kier molecular flexibility index (Phi) is 5.38. The van der Waals surface area contributed by atoms with Crippen molar-refractivity contribution in [2.75, 3.05) is 11.9 Å². The first-order valence-corrected chi connectivity index (χ1v) is 9.19. The van der Waals surface area contributed by atoms with E-state index in [1.165, 1.54) is 17.4 Å². The Hall–Kier alpha value is -2.59. The van der Waals surface area contributed by atoms with Gasteiger partial charge in [0.05, 0.1) is 10.5 Å². The van der Waals surface area contributed by atoms with Gasteiger partial charge < -0.3 is 5.32 Å². The minimum atomic E-state index is -4.54. The summed E-state index contributed by atoms with van der Waals surface area (Å²) in [7, 11) is 0. The van der Waals surface area contributed by atoms with Crippen molar-refractivity contribution >= 4 is 51.9 Å². The van der Waals surface area contributed by atoms with Gasteiger partial charge >= 0.3 is 6.18 Å². The Morgan fingerprint density at radius 1 is 1.19 bits per heavy atom. The molecule has 0 bridgehead atoms. The van der Waals surface area contributed by atoms with Crippen LogP contribution >= 0.6 is 23.1 Å². The van der Waals surface area contributed by atoms with Crippen molar-refractivity contribution in [2.45, 2.75) is 6.18 Å². The van der Waals surface area contributed by atoms with Gasteiger partial charge in [0.25, 0.3) is 11.1 Å². The summed E-state index contributed by atoms with van der Waals surface area (Å²) in [6, 6.07) is 7.67. The van der Waals surface area contributed by atoms with E-state index in [4.69, 9.17) is 0 Å². The fraction of sp³-hybridized carbons (Fsp3) is 0.118. The Morgan fingerprint density at radius 3 is 2.63 bits per heavy atom. The second kappa shape index (κ2) is 7.57.